The van der Waals surface area contributed by atoms with E-state index in [1.807, 2.05) is 17.8 Å². The van der Waals surface area contributed by atoms with Gasteiger partial charge < -0.3 is 10.6 Å². The highest BCUT2D eigenvalue weighted by molar-refractivity contribution is 14.0. The van der Waals surface area contributed by atoms with Crippen molar-refractivity contribution in [3.63, 3.8) is 0 Å². The second kappa shape index (κ2) is 8.36. The van der Waals surface area contributed by atoms with Crippen molar-refractivity contribution in [2.75, 3.05) is 24.6 Å². The summed E-state index contributed by atoms with van der Waals surface area (Å²) in [5.74, 6) is 2.97. The monoisotopic (exact) mass is 455 g/mol. The Morgan fingerprint density at radius 3 is 2.74 bits per heavy atom. The molecule has 0 radical (unpaired) electrons. The van der Waals surface area contributed by atoms with Crippen LogP contribution in [-0.4, -0.2) is 35.5 Å². The summed E-state index contributed by atoms with van der Waals surface area (Å²) in [4.78, 5) is 6.68. The van der Waals surface area contributed by atoms with Crippen molar-refractivity contribution in [1.82, 2.24) is 4.90 Å². The number of aliphatic imine (C=N–C) groups is 1. The first-order valence-corrected chi connectivity index (χ1v) is 7.99. The van der Waals surface area contributed by atoms with Crippen LogP contribution in [0.3, 0.4) is 0 Å². The third kappa shape index (κ3) is 5.15. The standard InChI is InChI=1S/C13H18BrN3S.HI/c1-10-8-12(14)3-2-11(10)9-16-13(15)17-4-6-18-7-5-17;/h2-3,8H,4-7,9H2,1H3,(H2,15,16);1H. The van der Waals surface area contributed by atoms with Gasteiger partial charge in [0, 0.05) is 29.1 Å². The molecule has 1 aromatic carbocycles. The second-order valence-corrected chi connectivity index (χ2v) is 6.49. The van der Waals surface area contributed by atoms with Crippen LogP contribution in [0.5, 0.6) is 0 Å². The highest BCUT2D eigenvalue weighted by Crippen LogP contribution is 2.16. The Morgan fingerprint density at radius 1 is 1.42 bits per heavy atom. The molecule has 2 rings (SSSR count). The van der Waals surface area contributed by atoms with Crippen LogP contribution in [0, 0.1) is 6.92 Å². The van der Waals surface area contributed by atoms with Crippen molar-refractivity contribution in [2.24, 2.45) is 10.7 Å². The maximum absolute atomic E-state index is 6.03. The van der Waals surface area contributed by atoms with Gasteiger partial charge in [0.15, 0.2) is 5.96 Å². The first-order valence-electron chi connectivity index (χ1n) is 6.04. The predicted molar refractivity (Wildman–Crippen MR) is 98.5 cm³/mol. The van der Waals surface area contributed by atoms with Crippen LogP contribution in [0.2, 0.25) is 0 Å². The molecule has 1 heterocycles. The molecule has 0 saturated carbocycles. The van der Waals surface area contributed by atoms with E-state index in [0.29, 0.717) is 12.5 Å². The third-order valence-corrected chi connectivity index (χ3v) is 4.49. The van der Waals surface area contributed by atoms with Gasteiger partial charge in [0.1, 0.15) is 0 Å². The molecule has 0 bridgehead atoms. The molecule has 2 N–H and O–H groups in total. The molecular formula is C13H19BrIN3S. The number of nitrogens with zero attached hydrogens (tertiary/aromatic N) is 2. The maximum atomic E-state index is 6.03. The minimum atomic E-state index is 0. The lowest BCUT2D eigenvalue weighted by Gasteiger charge is -2.27. The van der Waals surface area contributed by atoms with E-state index in [9.17, 15) is 0 Å². The maximum Gasteiger partial charge on any atom is 0.191 e. The molecule has 0 aromatic heterocycles. The molecule has 1 aliphatic heterocycles. The Bertz CT molecular complexity index is 448. The highest BCUT2D eigenvalue weighted by atomic mass is 127. The van der Waals surface area contributed by atoms with E-state index >= 15 is 0 Å². The van der Waals surface area contributed by atoms with E-state index in [0.717, 1.165) is 29.1 Å². The average Bonchev–Trinajstić information content (AvgIpc) is 2.38. The first-order chi connectivity index (χ1) is 8.66. The lowest BCUT2D eigenvalue weighted by Crippen LogP contribution is -2.42. The van der Waals surface area contributed by atoms with Gasteiger partial charge in [0.2, 0.25) is 0 Å². The first kappa shape index (κ1) is 17.1. The molecule has 1 saturated heterocycles. The largest absolute Gasteiger partial charge is 0.370 e. The summed E-state index contributed by atoms with van der Waals surface area (Å²) in [5, 5.41) is 0. The van der Waals surface area contributed by atoms with E-state index in [-0.39, 0.29) is 24.0 Å². The number of hydrogen-bond donors (Lipinski definition) is 1. The van der Waals surface area contributed by atoms with Crippen molar-refractivity contribution in [2.45, 2.75) is 13.5 Å². The Kier molecular flexibility index (Phi) is 7.53. The van der Waals surface area contributed by atoms with Crippen LogP contribution in [0.25, 0.3) is 0 Å². The van der Waals surface area contributed by atoms with Crippen molar-refractivity contribution < 1.29 is 0 Å². The zero-order valence-corrected chi connectivity index (χ0v) is 15.7. The fourth-order valence-electron chi connectivity index (χ4n) is 1.90. The normalized spacial score (nSPS) is 16.1. The number of halogens is 2. The van der Waals surface area contributed by atoms with Gasteiger partial charge in [-0.3, -0.25) is 0 Å². The average molecular weight is 456 g/mol. The molecule has 1 aromatic rings. The molecule has 0 spiro atoms. The molecular weight excluding hydrogens is 437 g/mol. The summed E-state index contributed by atoms with van der Waals surface area (Å²) in [6.45, 7) is 4.79. The second-order valence-electron chi connectivity index (χ2n) is 4.34. The van der Waals surface area contributed by atoms with Crippen LogP contribution < -0.4 is 5.73 Å². The van der Waals surface area contributed by atoms with Crippen molar-refractivity contribution >= 4 is 57.6 Å². The Labute approximate surface area is 144 Å². The van der Waals surface area contributed by atoms with Gasteiger partial charge in [-0.25, -0.2) is 4.99 Å². The summed E-state index contributed by atoms with van der Waals surface area (Å²) in [6.07, 6.45) is 0. The lowest BCUT2D eigenvalue weighted by atomic mass is 10.1. The van der Waals surface area contributed by atoms with Crippen LogP contribution in [0.1, 0.15) is 11.1 Å². The summed E-state index contributed by atoms with van der Waals surface area (Å²) >= 11 is 5.44. The molecule has 1 fully saturated rings. The number of aryl methyl sites for hydroxylation is 1. The minimum absolute atomic E-state index is 0. The van der Waals surface area contributed by atoms with Crippen LogP contribution in [0.15, 0.2) is 27.7 Å². The molecule has 0 aliphatic carbocycles. The number of guanidine groups is 1. The van der Waals surface area contributed by atoms with E-state index in [1.54, 1.807) is 0 Å². The van der Waals surface area contributed by atoms with E-state index in [4.69, 9.17) is 5.73 Å². The van der Waals surface area contributed by atoms with Gasteiger partial charge in [0.05, 0.1) is 6.54 Å². The molecule has 0 amide bonds. The zero-order chi connectivity index (χ0) is 13.0. The van der Waals surface area contributed by atoms with Gasteiger partial charge in [-0.1, -0.05) is 22.0 Å². The third-order valence-electron chi connectivity index (χ3n) is 3.05. The zero-order valence-electron chi connectivity index (χ0n) is 10.9. The topological polar surface area (TPSA) is 41.6 Å². The number of thioether (sulfide) groups is 1. The number of hydrogen-bond acceptors (Lipinski definition) is 2. The molecule has 1 aliphatic rings. The quantitative estimate of drug-likeness (QED) is 0.422. The van der Waals surface area contributed by atoms with Crippen LogP contribution in [-0.2, 0) is 6.54 Å². The number of benzene rings is 1. The van der Waals surface area contributed by atoms with Crippen molar-refractivity contribution in [3.8, 4) is 0 Å². The summed E-state index contributed by atoms with van der Waals surface area (Å²) in [5.41, 5.74) is 8.51. The summed E-state index contributed by atoms with van der Waals surface area (Å²) in [7, 11) is 0. The SMILES string of the molecule is Cc1cc(Br)ccc1CN=C(N)N1CCSCC1.I. The fourth-order valence-corrected chi connectivity index (χ4v) is 3.27. The minimum Gasteiger partial charge on any atom is -0.370 e. The van der Waals surface area contributed by atoms with Gasteiger partial charge in [0.25, 0.3) is 0 Å². The molecule has 106 valence electrons. The van der Waals surface area contributed by atoms with Crippen molar-refractivity contribution in [1.29, 1.82) is 0 Å². The van der Waals surface area contributed by atoms with Crippen LogP contribution in [0.4, 0.5) is 0 Å². The summed E-state index contributed by atoms with van der Waals surface area (Å²) < 4.78 is 1.11. The Hall–Kier alpha value is 0.0500. The summed E-state index contributed by atoms with van der Waals surface area (Å²) in [6, 6.07) is 6.26. The fraction of sp³-hybridized carbons (Fsp3) is 0.462. The van der Waals surface area contributed by atoms with Crippen LogP contribution >= 0.6 is 51.7 Å². The van der Waals surface area contributed by atoms with E-state index < -0.39 is 0 Å². The number of nitrogens with two attached hydrogens (primary N) is 1. The molecule has 3 nitrogen and oxygen atoms in total. The smallest absolute Gasteiger partial charge is 0.191 e. The molecule has 19 heavy (non-hydrogen) atoms. The van der Waals surface area contributed by atoms with E-state index in [1.165, 1.54) is 11.1 Å². The molecule has 0 unspecified atom stereocenters. The van der Waals surface area contributed by atoms with Gasteiger partial charge >= 0.3 is 0 Å². The van der Waals surface area contributed by atoms with Gasteiger partial charge in [-0.05, 0) is 30.2 Å². The van der Waals surface area contributed by atoms with E-state index in [2.05, 4.69) is 44.9 Å². The molecule has 0 atom stereocenters. The predicted octanol–water partition coefficient (Wildman–Crippen LogP) is 3.24. The molecule has 6 heteroatoms. The van der Waals surface area contributed by atoms with Gasteiger partial charge in [-0.2, -0.15) is 11.8 Å². The van der Waals surface area contributed by atoms with Gasteiger partial charge in [-0.15, -0.1) is 24.0 Å². The van der Waals surface area contributed by atoms with Crippen molar-refractivity contribution in [3.05, 3.63) is 33.8 Å². The highest BCUT2D eigenvalue weighted by Gasteiger charge is 2.11. The lowest BCUT2D eigenvalue weighted by molar-refractivity contribution is 0.455. The Morgan fingerprint density at radius 2 is 2.11 bits per heavy atom. The number of rotatable bonds is 2. The Balaban J connectivity index is 0.00000180.